The van der Waals surface area contributed by atoms with Gasteiger partial charge in [-0.3, -0.25) is 13.6 Å². The van der Waals surface area contributed by atoms with Crippen molar-refractivity contribution in [1.29, 1.82) is 0 Å². The Kier molecular flexibility index (Phi) is 6.33. The molecule has 3 aliphatic rings. The number of phosphoric acid groups is 1. The van der Waals surface area contributed by atoms with E-state index in [0.29, 0.717) is 34.2 Å². The molecule has 0 amide bonds. The van der Waals surface area contributed by atoms with Gasteiger partial charge in [-0.25, -0.2) is 13.9 Å². The third-order valence-electron chi connectivity index (χ3n) is 6.33. The average Bonchev–Trinajstić information content (AvgIpc) is 3.34. The molecule has 5 atom stereocenters. The molecule has 3 heterocycles. The van der Waals surface area contributed by atoms with Crippen molar-refractivity contribution >= 4 is 36.9 Å². The number of aliphatic hydroxyl groups excluding tert-OH is 1. The highest BCUT2D eigenvalue weighted by molar-refractivity contribution is 7.48. The maximum Gasteiger partial charge on any atom is 0.475 e. The number of hydrogen-bond donors (Lipinski definition) is 3. The van der Waals surface area contributed by atoms with Crippen LogP contribution < -0.4 is 11.1 Å². The van der Waals surface area contributed by atoms with Crippen LogP contribution in [0.25, 0.3) is 5.70 Å². The topological polar surface area (TPSA) is 133 Å². The Balaban J connectivity index is 1.29. The highest BCUT2D eigenvalue weighted by atomic mass is 35.5. The molecule has 10 nitrogen and oxygen atoms in total. The van der Waals surface area contributed by atoms with Gasteiger partial charge in [0.25, 0.3) is 0 Å². The van der Waals surface area contributed by atoms with Gasteiger partial charge in [0.2, 0.25) is 0 Å². The Hall–Kier alpha value is -2.53. The van der Waals surface area contributed by atoms with Gasteiger partial charge in [0, 0.05) is 22.9 Å². The molecule has 2 fully saturated rings. The number of benzene rings is 1. The molecule has 4 N–H and O–H groups in total. The number of aliphatic imine (C=N–C) groups is 1. The van der Waals surface area contributed by atoms with Gasteiger partial charge in [-0.1, -0.05) is 24.8 Å². The Labute approximate surface area is 205 Å². The molecule has 1 aromatic carbocycles. The highest BCUT2D eigenvalue weighted by Crippen LogP contribution is 2.58. The second-order valence-electron chi connectivity index (χ2n) is 8.55. The van der Waals surface area contributed by atoms with Gasteiger partial charge >= 0.3 is 7.82 Å². The molecule has 0 spiro atoms. The van der Waals surface area contributed by atoms with Crippen LogP contribution in [0.3, 0.4) is 0 Å². The third kappa shape index (κ3) is 4.55. The summed E-state index contributed by atoms with van der Waals surface area (Å²) in [7, 11) is -4.03. The van der Waals surface area contributed by atoms with Gasteiger partial charge in [-0.2, -0.15) is 4.99 Å². The number of fused-ring (bicyclic) bond motifs is 1. The maximum absolute atomic E-state index is 14.3. The minimum atomic E-state index is -4.03. The molecule has 2 aliphatic heterocycles. The predicted octanol–water partition coefficient (Wildman–Crippen LogP) is 3.98. The van der Waals surface area contributed by atoms with Crippen molar-refractivity contribution in [3.05, 3.63) is 65.4 Å². The summed E-state index contributed by atoms with van der Waals surface area (Å²) < 4.78 is 45.7. The zero-order chi connectivity index (χ0) is 24.9. The number of imidazole rings is 1. The first-order chi connectivity index (χ1) is 16.6. The normalized spacial score (nSPS) is 30.7. The van der Waals surface area contributed by atoms with Gasteiger partial charge in [-0.05, 0) is 30.2 Å². The van der Waals surface area contributed by atoms with Gasteiger partial charge in [-0.15, -0.1) is 0 Å². The van der Waals surface area contributed by atoms with Crippen LogP contribution in [0.2, 0.25) is 5.02 Å². The minimum absolute atomic E-state index is 0.0449. The van der Waals surface area contributed by atoms with E-state index in [0.717, 1.165) is 0 Å². The number of nitrogens with zero attached hydrogens (tertiary/aromatic N) is 3. The SMILES string of the molecule is C=C1NC(N)=Nc2c1ncn2[C@H]1C[C@H](O)[C@@H](CO[P@]2(=O)OCC[C@H](c3cc(Cl)ccc3F)O2)C1=C. The molecule has 1 aromatic heterocycles. The van der Waals surface area contributed by atoms with E-state index in [1.165, 1.54) is 18.2 Å². The highest BCUT2D eigenvalue weighted by Gasteiger charge is 2.43. The lowest BCUT2D eigenvalue weighted by Crippen LogP contribution is -2.32. The monoisotopic (exact) mass is 523 g/mol. The number of nitrogens with one attached hydrogen (secondary N) is 1. The Morgan fingerprint density at radius 3 is 3.03 bits per heavy atom. The Morgan fingerprint density at radius 2 is 2.23 bits per heavy atom. The maximum atomic E-state index is 14.3. The molecule has 186 valence electrons. The van der Waals surface area contributed by atoms with Crippen LogP contribution in [0.1, 0.15) is 36.2 Å². The van der Waals surface area contributed by atoms with Crippen LogP contribution in [0.4, 0.5) is 10.2 Å². The fraction of sp³-hybridized carbons (Fsp3) is 0.364. The predicted molar refractivity (Wildman–Crippen MR) is 127 cm³/mol. The molecule has 1 aliphatic carbocycles. The Morgan fingerprint density at radius 1 is 1.43 bits per heavy atom. The molecular formula is C22H24ClFN5O5P. The van der Waals surface area contributed by atoms with Gasteiger partial charge in [0.1, 0.15) is 11.5 Å². The molecule has 35 heavy (non-hydrogen) atoms. The number of guanidine groups is 1. The fourth-order valence-corrected chi connectivity index (χ4v) is 6.11. The van der Waals surface area contributed by atoms with Gasteiger partial charge in [0.05, 0.1) is 43.5 Å². The molecular weight excluding hydrogens is 500 g/mol. The van der Waals surface area contributed by atoms with Crippen molar-refractivity contribution < 1.29 is 27.6 Å². The van der Waals surface area contributed by atoms with Crippen molar-refractivity contribution in [1.82, 2.24) is 14.9 Å². The summed E-state index contributed by atoms with van der Waals surface area (Å²) in [6.07, 6.45) is 0.494. The lowest BCUT2D eigenvalue weighted by atomic mass is 10.0. The van der Waals surface area contributed by atoms with E-state index in [-0.39, 0.29) is 37.2 Å². The van der Waals surface area contributed by atoms with Crippen molar-refractivity contribution in [3.63, 3.8) is 0 Å². The second kappa shape index (κ2) is 9.16. The summed E-state index contributed by atoms with van der Waals surface area (Å²) in [6, 6.07) is 3.72. The number of halogens is 2. The van der Waals surface area contributed by atoms with E-state index in [1.807, 2.05) is 0 Å². The van der Waals surface area contributed by atoms with Crippen LogP contribution >= 0.6 is 19.4 Å². The number of nitrogens with two attached hydrogens (primary N) is 1. The molecule has 1 saturated carbocycles. The Bertz CT molecular complexity index is 1280. The summed E-state index contributed by atoms with van der Waals surface area (Å²) in [5.74, 6) is -0.404. The van der Waals surface area contributed by atoms with Gasteiger partial charge in [0.15, 0.2) is 11.8 Å². The van der Waals surface area contributed by atoms with Gasteiger partial charge < -0.3 is 20.7 Å². The first kappa shape index (κ1) is 24.2. The smallest absolute Gasteiger partial charge is 0.392 e. The first-order valence-corrected chi connectivity index (χ1v) is 12.8. The quantitative estimate of drug-likeness (QED) is 0.396. The first-order valence-electron chi connectivity index (χ1n) is 10.9. The van der Waals surface area contributed by atoms with E-state index in [4.69, 9.17) is 30.9 Å². The molecule has 5 rings (SSSR count). The molecule has 2 aromatic rings. The molecule has 0 radical (unpaired) electrons. The van der Waals surface area contributed by atoms with Crippen LogP contribution in [-0.2, 0) is 18.1 Å². The fourth-order valence-electron chi connectivity index (χ4n) is 4.53. The summed E-state index contributed by atoms with van der Waals surface area (Å²) in [5, 5.41) is 13.9. The molecule has 0 bridgehead atoms. The zero-order valence-corrected chi connectivity index (χ0v) is 20.2. The molecule has 0 unspecified atom stereocenters. The van der Waals surface area contributed by atoms with E-state index >= 15 is 0 Å². The average molecular weight is 524 g/mol. The zero-order valence-electron chi connectivity index (χ0n) is 18.6. The van der Waals surface area contributed by atoms with Crippen molar-refractivity contribution in [2.75, 3.05) is 13.2 Å². The summed E-state index contributed by atoms with van der Waals surface area (Å²) in [6.45, 7) is 7.90. The number of phosphoric ester groups is 1. The van der Waals surface area contributed by atoms with Crippen LogP contribution in [-0.4, -0.2) is 39.9 Å². The molecule has 1 saturated heterocycles. The molecule has 13 heteroatoms. The lowest BCUT2D eigenvalue weighted by Gasteiger charge is -2.30. The van der Waals surface area contributed by atoms with E-state index in [9.17, 15) is 14.1 Å². The summed E-state index contributed by atoms with van der Waals surface area (Å²) >= 11 is 5.98. The van der Waals surface area contributed by atoms with E-state index in [2.05, 4.69) is 28.5 Å². The van der Waals surface area contributed by atoms with Crippen molar-refractivity contribution in [2.24, 2.45) is 16.6 Å². The number of aromatic nitrogens is 2. The number of rotatable bonds is 5. The number of hydrogen-bond acceptors (Lipinski definition) is 9. The van der Waals surface area contributed by atoms with Crippen LogP contribution in [0, 0.1) is 11.7 Å². The minimum Gasteiger partial charge on any atom is -0.392 e. The summed E-state index contributed by atoms with van der Waals surface area (Å²) in [5.41, 5.74) is 7.71. The standard InChI is InChI=1S/C22H24ClFN5O5P/c1-11-15(18(30)8-17(11)29-10-26-20-12(2)27-22(25)28-21(20)29)9-33-35(31)32-6-5-19(34-35)14-7-13(23)3-4-16(14)24/h3-4,7,10,15,17-19,30H,1-2,5-6,8-9H2,(H3,25,27,28)/t15-,17-,18-,19+,35-/m0/s1. The van der Waals surface area contributed by atoms with E-state index < -0.39 is 31.8 Å². The summed E-state index contributed by atoms with van der Waals surface area (Å²) in [4.78, 5) is 8.65. The van der Waals surface area contributed by atoms with Crippen LogP contribution in [0.15, 0.2) is 48.2 Å². The number of aliphatic hydroxyl groups is 1. The lowest BCUT2D eigenvalue weighted by molar-refractivity contribution is 0.0155. The van der Waals surface area contributed by atoms with Crippen LogP contribution in [0.5, 0.6) is 0 Å². The second-order valence-corrected chi connectivity index (χ2v) is 10.6. The van der Waals surface area contributed by atoms with Crippen molar-refractivity contribution in [3.8, 4) is 0 Å². The largest absolute Gasteiger partial charge is 0.475 e. The van der Waals surface area contributed by atoms with Crippen molar-refractivity contribution in [2.45, 2.75) is 31.1 Å². The third-order valence-corrected chi connectivity index (χ3v) is 8.04. The van der Waals surface area contributed by atoms with E-state index in [1.54, 1.807) is 10.9 Å².